The van der Waals surface area contributed by atoms with Crippen LogP contribution in [0.2, 0.25) is 0 Å². The van der Waals surface area contributed by atoms with E-state index >= 15 is 0 Å². The van der Waals surface area contributed by atoms with Gasteiger partial charge in [-0.3, -0.25) is 4.79 Å². The van der Waals surface area contributed by atoms with E-state index in [2.05, 4.69) is 0 Å². The minimum absolute atomic E-state index is 0.141. The Morgan fingerprint density at radius 2 is 2.24 bits per heavy atom. The fourth-order valence-electron chi connectivity index (χ4n) is 2.71. The number of methoxy groups -OCH3 is 1. The molecule has 1 atom stereocenters. The van der Waals surface area contributed by atoms with Gasteiger partial charge in [-0.2, -0.15) is 0 Å². The maximum Gasteiger partial charge on any atom is 0.326 e. The van der Waals surface area contributed by atoms with Crippen molar-refractivity contribution in [3.05, 3.63) is 30.0 Å². The van der Waals surface area contributed by atoms with E-state index in [4.69, 9.17) is 14.3 Å². The lowest BCUT2D eigenvalue weighted by Crippen LogP contribution is -2.40. The number of carboxylic acid groups (broad SMARTS) is 1. The minimum Gasteiger partial charge on any atom is -0.493 e. The SMILES string of the molecule is COc1cccc2cc(C(=O)N3CCCC3C(=O)O)oc12. The van der Waals surface area contributed by atoms with Crippen LogP contribution in [0.1, 0.15) is 23.4 Å². The third-order valence-corrected chi connectivity index (χ3v) is 3.74. The second-order valence-electron chi connectivity index (χ2n) is 4.98. The maximum atomic E-state index is 12.5. The minimum atomic E-state index is -0.977. The van der Waals surface area contributed by atoms with E-state index in [0.29, 0.717) is 30.7 Å². The Morgan fingerprint density at radius 1 is 1.43 bits per heavy atom. The van der Waals surface area contributed by atoms with Gasteiger partial charge in [-0.25, -0.2) is 4.79 Å². The Morgan fingerprint density at radius 3 is 2.95 bits per heavy atom. The topological polar surface area (TPSA) is 80.0 Å². The number of carbonyl (C=O) groups excluding carboxylic acids is 1. The number of aliphatic carboxylic acids is 1. The van der Waals surface area contributed by atoms with Crippen molar-refractivity contribution in [2.45, 2.75) is 18.9 Å². The first kappa shape index (κ1) is 13.5. The van der Waals surface area contributed by atoms with E-state index in [0.717, 1.165) is 5.39 Å². The molecular weight excluding hydrogens is 274 g/mol. The van der Waals surface area contributed by atoms with Crippen LogP contribution in [0.25, 0.3) is 11.0 Å². The van der Waals surface area contributed by atoms with Crippen molar-refractivity contribution in [2.24, 2.45) is 0 Å². The largest absolute Gasteiger partial charge is 0.493 e. The summed E-state index contributed by atoms with van der Waals surface area (Å²) in [5, 5.41) is 9.91. The van der Waals surface area contributed by atoms with Crippen molar-refractivity contribution in [3.63, 3.8) is 0 Å². The number of rotatable bonds is 3. The normalized spacial score (nSPS) is 18.1. The number of ether oxygens (including phenoxy) is 1. The predicted molar refractivity (Wildman–Crippen MR) is 74.5 cm³/mol. The fourth-order valence-corrected chi connectivity index (χ4v) is 2.71. The molecule has 3 rings (SSSR count). The van der Waals surface area contributed by atoms with Crippen LogP contribution in [0.4, 0.5) is 0 Å². The summed E-state index contributed by atoms with van der Waals surface area (Å²) in [7, 11) is 1.53. The van der Waals surface area contributed by atoms with Gasteiger partial charge in [0.25, 0.3) is 5.91 Å². The van der Waals surface area contributed by atoms with Gasteiger partial charge in [0, 0.05) is 11.9 Å². The van der Waals surface area contributed by atoms with Crippen LogP contribution in [0, 0.1) is 0 Å². The number of carboxylic acids is 1. The molecule has 0 spiro atoms. The summed E-state index contributed by atoms with van der Waals surface area (Å²) < 4.78 is 10.8. The molecule has 0 radical (unpaired) electrons. The summed E-state index contributed by atoms with van der Waals surface area (Å²) in [6.07, 6.45) is 1.16. The number of likely N-dealkylation sites (tertiary alicyclic amines) is 1. The van der Waals surface area contributed by atoms with Crippen molar-refractivity contribution >= 4 is 22.8 Å². The van der Waals surface area contributed by atoms with Crippen LogP contribution in [0.3, 0.4) is 0 Å². The lowest BCUT2D eigenvalue weighted by Gasteiger charge is -2.19. The van der Waals surface area contributed by atoms with Crippen molar-refractivity contribution in [3.8, 4) is 5.75 Å². The van der Waals surface area contributed by atoms with Gasteiger partial charge in [0.05, 0.1) is 7.11 Å². The molecular formula is C15H15NO5. The average molecular weight is 289 g/mol. The molecule has 2 heterocycles. The second kappa shape index (κ2) is 5.12. The monoisotopic (exact) mass is 289 g/mol. The third kappa shape index (κ3) is 2.22. The summed E-state index contributed by atoms with van der Waals surface area (Å²) in [5.41, 5.74) is 0.495. The molecule has 0 aliphatic carbocycles. The lowest BCUT2D eigenvalue weighted by molar-refractivity contribution is -0.141. The molecule has 6 heteroatoms. The zero-order valence-corrected chi connectivity index (χ0v) is 11.5. The summed E-state index contributed by atoms with van der Waals surface area (Å²) in [6.45, 7) is 0.435. The van der Waals surface area contributed by atoms with Crippen LogP contribution >= 0.6 is 0 Å². The van der Waals surface area contributed by atoms with E-state index in [-0.39, 0.29) is 5.76 Å². The number of carbonyl (C=O) groups is 2. The molecule has 1 saturated heterocycles. The Bertz CT molecular complexity index is 705. The lowest BCUT2D eigenvalue weighted by atomic mass is 10.2. The van der Waals surface area contributed by atoms with Gasteiger partial charge < -0.3 is 19.2 Å². The average Bonchev–Trinajstić information content (AvgIpc) is 3.12. The molecule has 6 nitrogen and oxygen atoms in total. The maximum absolute atomic E-state index is 12.5. The van der Waals surface area contributed by atoms with Crippen molar-refractivity contribution in [1.82, 2.24) is 4.90 Å². The van der Waals surface area contributed by atoms with Crippen LogP contribution in [0.5, 0.6) is 5.75 Å². The van der Waals surface area contributed by atoms with Crippen molar-refractivity contribution in [2.75, 3.05) is 13.7 Å². The number of benzene rings is 1. The number of para-hydroxylation sites is 1. The van der Waals surface area contributed by atoms with Gasteiger partial charge in [0.1, 0.15) is 6.04 Å². The molecule has 1 aromatic heterocycles. The van der Waals surface area contributed by atoms with Gasteiger partial charge in [-0.1, -0.05) is 12.1 Å². The standard InChI is InChI=1S/C15H15NO5/c1-20-11-6-2-4-9-8-12(21-13(9)11)14(17)16-7-3-5-10(16)15(18)19/h2,4,6,8,10H,3,5,7H2,1H3,(H,18,19). The number of hydrogen-bond donors (Lipinski definition) is 1. The van der Waals surface area contributed by atoms with Crippen LogP contribution in [-0.2, 0) is 4.79 Å². The predicted octanol–water partition coefficient (Wildman–Crippen LogP) is 2.13. The van der Waals surface area contributed by atoms with Crippen LogP contribution in [-0.4, -0.2) is 41.6 Å². The second-order valence-corrected chi connectivity index (χ2v) is 4.98. The van der Waals surface area contributed by atoms with Gasteiger partial charge in [-0.15, -0.1) is 0 Å². The number of furan rings is 1. The van der Waals surface area contributed by atoms with Crippen molar-refractivity contribution in [1.29, 1.82) is 0 Å². The summed E-state index contributed by atoms with van der Waals surface area (Å²) >= 11 is 0. The molecule has 1 amide bonds. The van der Waals surface area contributed by atoms with E-state index in [1.165, 1.54) is 12.0 Å². The smallest absolute Gasteiger partial charge is 0.326 e. The van der Waals surface area contributed by atoms with E-state index in [1.807, 2.05) is 6.07 Å². The van der Waals surface area contributed by atoms with E-state index < -0.39 is 17.9 Å². The Hall–Kier alpha value is -2.50. The Labute approximate surface area is 120 Å². The number of hydrogen-bond acceptors (Lipinski definition) is 4. The van der Waals surface area contributed by atoms with E-state index in [9.17, 15) is 9.59 Å². The zero-order valence-electron chi connectivity index (χ0n) is 11.5. The van der Waals surface area contributed by atoms with E-state index in [1.54, 1.807) is 18.2 Å². The first-order valence-electron chi connectivity index (χ1n) is 6.72. The summed E-state index contributed by atoms with van der Waals surface area (Å²) in [4.78, 5) is 25.0. The highest BCUT2D eigenvalue weighted by Gasteiger charge is 2.35. The highest BCUT2D eigenvalue weighted by Crippen LogP contribution is 2.30. The molecule has 0 saturated carbocycles. The molecule has 21 heavy (non-hydrogen) atoms. The number of fused-ring (bicyclic) bond motifs is 1. The molecule has 1 fully saturated rings. The van der Waals surface area contributed by atoms with Crippen LogP contribution < -0.4 is 4.74 Å². The zero-order chi connectivity index (χ0) is 15.0. The highest BCUT2D eigenvalue weighted by molar-refractivity contribution is 5.99. The Balaban J connectivity index is 1.96. The number of amides is 1. The third-order valence-electron chi connectivity index (χ3n) is 3.74. The van der Waals surface area contributed by atoms with Gasteiger partial charge in [0.15, 0.2) is 17.1 Å². The summed E-state index contributed by atoms with van der Waals surface area (Å²) in [6, 6.07) is 6.22. The first-order chi connectivity index (χ1) is 10.1. The highest BCUT2D eigenvalue weighted by atomic mass is 16.5. The van der Waals surface area contributed by atoms with Crippen LogP contribution in [0.15, 0.2) is 28.7 Å². The first-order valence-corrected chi connectivity index (χ1v) is 6.72. The van der Waals surface area contributed by atoms with Crippen molar-refractivity contribution < 1.29 is 23.8 Å². The molecule has 1 aromatic carbocycles. The Kier molecular flexibility index (Phi) is 3.29. The summed E-state index contributed by atoms with van der Waals surface area (Å²) in [5.74, 6) is -0.682. The van der Waals surface area contributed by atoms with Gasteiger partial charge >= 0.3 is 5.97 Å². The molecule has 110 valence electrons. The number of nitrogens with zero attached hydrogens (tertiary/aromatic N) is 1. The molecule has 1 aliphatic rings. The molecule has 0 bridgehead atoms. The quantitative estimate of drug-likeness (QED) is 0.936. The molecule has 1 aliphatic heterocycles. The molecule has 1 N–H and O–H groups in total. The molecule has 1 unspecified atom stereocenters. The van der Waals surface area contributed by atoms with Gasteiger partial charge in [-0.05, 0) is 25.0 Å². The van der Waals surface area contributed by atoms with Gasteiger partial charge in [0.2, 0.25) is 0 Å². The molecule has 2 aromatic rings. The fraction of sp³-hybridized carbons (Fsp3) is 0.333.